The number of nitrogens with two attached hydrogens (primary N) is 1. The largest absolute Gasteiger partial charge is 0.480 e. The van der Waals surface area contributed by atoms with E-state index in [1.807, 2.05) is 30.3 Å². The molecule has 2 rings (SSSR count). The molecule has 22 heavy (non-hydrogen) atoms. The van der Waals surface area contributed by atoms with Gasteiger partial charge in [0.25, 0.3) is 0 Å². The molecule has 3 N–H and O–H groups in total. The van der Waals surface area contributed by atoms with E-state index in [1.165, 1.54) is 10.6 Å². The molecule has 1 heterocycles. The maximum Gasteiger partial charge on any atom is 0.320 e. The molecule has 1 aromatic rings. The molecule has 0 saturated heterocycles. The second-order valence-corrected chi connectivity index (χ2v) is 7.43. The van der Waals surface area contributed by atoms with Crippen molar-refractivity contribution in [2.24, 2.45) is 5.73 Å². The minimum absolute atomic E-state index is 0.288. The van der Waals surface area contributed by atoms with Gasteiger partial charge in [-0.05, 0) is 29.5 Å². The smallest absolute Gasteiger partial charge is 0.320 e. The van der Waals surface area contributed by atoms with Crippen LogP contribution in [0.15, 0.2) is 30.3 Å². The number of rotatable bonds is 5. The van der Waals surface area contributed by atoms with Crippen LogP contribution in [0.25, 0.3) is 5.57 Å². The number of benzene rings is 1. The zero-order chi connectivity index (χ0) is 16.3. The highest BCUT2D eigenvalue weighted by Gasteiger charge is 2.20. The van der Waals surface area contributed by atoms with Crippen LogP contribution in [-0.2, 0) is 21.2 Å². The monoisotopic (exact) mass is 324 g/mol. The van der Waals surface area contributed by atoms with Crippen LogP contribution in [0.4, 0.5) is 0 Å². The molecule has 0 bridgehead atoms. The van der Waals surface area contributed by atoms with E-state index < -0.39 is 22.0 Å². The van der Waals surface area contributed by atoms with Crippen LogP contribution in [-0.4, -0.2) is 49.2 Å². The topological polar surface area (TPSA) is 101 Å². The third-order valence-electron chi connectivity index (χ3n) is 3.74. The summed E-state index contributed by atoms with van der Waals surface area (Å²) >= 11 is 0. The van der Waals surface area contributed by atoms with Crippen molar-refractivity contribution in [3.05, 3.63) is 41.5 Å². The molecule has 1 aliphatic heterocycles. The van der Waals surface area contributed by atoms with Crippen molar-refractivity contribution < 1.29 is 18.3 Å². The van der Waals surface area contributed by atoms with Gasteiger partial charge in [0.1, 0.15) is 6.04 Å². The molecular weight excluding hydrogens is 304 g/mol. The number of sulfonamides is 1. The number of carboxylic acids is 1. The summed E-state index contributed by atoms with van der Waals surface area (Å²) in [5.41, 5.74) is 8.51. The zero-order valence-electron chi connectivity index (χ0n) is 12.4. The second kappa shape index (κ2) is 6.60. The third-order valence-corrected chi connectivity index (χ3v) is 5.01. The van der Waals surface area contributed by atoms with E-state index in [4.69, 9.17) is 10.8 Å². The van der Waals surface area contributed by atoms with E-state index in [-0.39, 0.29) is 6.42 Å². The molecule has 0 saturated carbocycles. The number of hydrogen-bond donors (Lipinski definition) is 2. The molecule has 120 valence electrons. The lowest BCUT2D eigenvalue weighted by Crippen LogP contribution is -2.33. The molecule has 0 unspecified atom stereocenters. The lowest BCUT2D eigenvalue weighted by molar-refractivity contribution is -0.138. The average Bonchev–Trinajstić information content (AvgIpc) is 2.47. The molecule has 1 aromatic carbocycles. The number of carbonyl (C=O) groups is 1. The Balaban J connectivity index is 2.06. The van der Waals surface area contributed by atoms with Crippen molar-refractivity contribution in [1.29, 1.82) is 0 Å². The van der Waals surface area contributed by atoms with Crippen LogP contribution < -0.4 is 5.73 Å². The minimum Gasteiger partial charge on any atom is -0.480 e. The van der Waals surface area contributed by atoms with Gasteiger partial charge in [0.2, 0.25) is 10.0 Å². The normalized spacial score (nSPS) is 17.8. The van der Waals surface area contributed by atoms with E-state index in [0.717, 1.165) is 16.7 Å². The van der Waals surface area contributed by atoms with Gasteiger partial charge in [0, 0.05) is 13.1 Å². The standard InChI is InChI=1S/C15H20N2O4S/c1-22(20,21)17-8-6-13(7-9-17)12-4-2-11(3-5-12)10-14(16)15(18)19/h2-6,14H,7-10,16H2,1H3,(H,18,19)/t14-/m0/s1. The number of nitrogens with zero attached hydrogens (tertiary/aromatic N) is 1. The number of hydrogen-bond acceptors (Lipinski definition) is 4. The van der Waals surface area contributed by atoms with Gasteiger partial charge in [0.15, 0.2) is 0 Å². The molecular formula is C15H20N2O4S. The summed E-state index contributed by atoms with van der Waals surface area (Å²) in [7, 11) is -3.14. The summed E-state index contributed by atoms with van der Waals surface area (Å²) in [4.78, 5) is 10.7. The van der Waals surface area contributed by atoms with E-state index in [1.54, 1.807) is 0 Å². The fourth-order valence-electron chi connectivity index (χ4n) is 2.41. The van der Waals surface area contributed by atoms with E-state index in [2.05, 4.69) is 0 Å². The molecule has 7 heteroatoms. The fraction of sp³-hybridized carbons (Fsp3) is 0.400. The maximum atomic E-state index is 11.5. The van der Waals surface area contributed by atoms with Crippen molar-refractivity contribution in [3.8, 4) is 0 Å². The van der Waals surface area contributed by atoms with Crippen molar-refractivity contribution in [3.63, 3.8) is 0 Å². The Morgan fingerprint density at radius 2 is 2.00 bits per heavy atom. The predicted molar refractivity (Wildman–Crippen MR) is 84.8 cm³/mol. The van der Waals surface area contributed by atoms with Gasteiger partial charge in [0.05, 0.1) is 6.26 Å². The molecule has 0 fully saturated rings. The molecule has 1 atom stereocenters. The molecule has 0 spiro atoms. The van der Waals surface area contributed by atoms with E-state index in [0.29, 0.717) is 19.5 Å². The Hall–Kier alpha value is -1.70. The first-order valence-electron chi connectivity index (χ1n) is 6.99. The summed E-state index contributed by atoms with van der Waals surface area (Å²) in [5.74, 6) is -1.01. The van der Waals surface area contributed by atoms with E-state index in [9.17, 15) is 13.2 Å². The second-order valence-electron chi connectivity index (χ2n) is 5.45. The first-order chi connectivity index (χ1) is 10.3. The maximum absolute atomic E-state index is 11.5. The van der Waals surface area contributed by atoms with Gasteiger partial charge in [-0.25, -0.2) is 8.42 Å². The average molecular weight is 324 g/mol. The van der Waals surface area contributed by atoms with Crippen molar-refractivity contribution >= 4 is 21.6 Å². The molecule has 0 radical (unpaired) electrons. The highest BCUT2D eigenvalue weighted by molar-refractivity contribution is 7.88. The van der Waals surface area contributed by atoms with Crippen LogP contribution in [0, 0.1) is 0 Å². The highest BCUT2D eigenvalue weighted by atomic mass is 32.2. The van der Waals surface area contributed by atoms with Gasteiger partial charge in [-0.15, -0.1) is 0 Å². The molecule has 6 nitrogen and oxygen atoms in total. The summed E-state index contributed by atoms with van der Waals surface area (Å²) in [6.45, 7) is 0.871. The molecule has 1 aliphatic rings. The summed E-state index contributed by atoms with van der Waals surface area (Å²) < 4.78 is 24.4. The van der Waals surface area contributed by atoms with Gasteiger partial charge >= 0.3 is 5.97 Å². The molecule has 0 amide bonds. The highest BCUT2D eigenvalue weighted by Crippen LogP contribution is 2.23. The lowest BCUT2D eigenvalue weighted by Gasteiger charge is -2.24. The van der Waals surface area contributed by atoms with Gasteiger partial charge < -0.3 is 10.8 Å². The van der Waals surface area contributed by atoms with Crippen LogP contribution >= 0.6 is 0 Å². The zero-order valence-corrected chi connectivity index (χ0v) is 13.2. The first-order valence-corrected chi connectivity index (χ1v) is 8.84. The SMILES string of the molecule is CS(=O)(=O)N1CC=C(c2ccc(C[C@H](N)C(=O)O)cc2)CC1. The summed E-state index contributed by atoms with van der Waals surface area (Å²) in [6.07, 6.45) is 4.09. The van der Waals surface area contributed by atoms with Crippen molar-refractivity contribution in [2.75, 3.05) is 19.3 Å². The van der Waals surface area contributed by atoms with Crippen LogP contribution in [0.3, 0.4) is 0 Å². The lowest BCUT2D eigenvalue weighted by atomic mass is 9.97. The minimum atomic E-state index is -3.14. The van der Waals surface area contributed by atoms with Crippen molar-refractivity contribution in [1.82, 2.24) is 4.31 Å². The van der Waals surface area contributed by atoms with Crippen molar-refractivity contribution in [2.45, 2.75) is 18.9 Å². The summed E-state index contributed by atoms with van der Waals surface area (Å²) in [5, 5.41) is 8.80. The Morgan fingerprint density at radius 1 is 1.36 bits per heavy atom. The van der Waals surface area contributed by atoms with Gasteiger partial charge in [-0.2, -0.15) is 4.31 Å². The quantitative estimate of drug-likeness (QED) is 0.830. The van der Waals surface area contributed by atoms with Crippen LogP contribution in [0.2, 0.25) is 0 Å². The van der Waals surface area contributed by atoms with E-state index >= 15 is 0 Å². The fourth-order valence-corrected chi connectivity index (χ4v) is 3.18. The Kier molecular flexibility index (Phi) is 5.00. The predicted octanol–water partition coefficient (Wildman–Crippen LogP) is 0.690. The van der Waals surface area contributed by atoms with Gasteiger partial charge in [-0.3, -0.25) is 4.79 Å². The van der Waals surface area contributed by atoms with Crippen LogP contribution in [0.1, 0.15) is 17.5 Å². The Labute approximate surface area is 130 Å². The molecule has 0 aromatic heterocycles. The molecule has 0 aliphatic carbocycles. The number of carboxylic acid groups (broad SMARTS) is 1. The Bertz CT molecular complexity index is 680. The Morgan fingerprint density at radius 3 is 2.45 bits per heavy atom. The first kappa shape index (κ1) is 16.7. The number of aliphatic carboxylic acids is 1. The van der Waals surface area contributed by atoms with Crippen LogP contribution in [0.5, 0.6) is 0 Å². The summed E-state index contributed by atoms with van der Waals surface area (Å²) in [6, 6.07) is 6.67. The third kappa shape index (κ3) is 4.16. The van der Waals surface area contributed by atoms with Gasteiger partial charge in [-0.1, -0.05) is 30.3 Å².